The summed E-state index contributed by atoms with van der Waals surface area (Å²) in [6.45, 7) is 4.04. The van der Waals surface area contributed by atoms with Gasteiger partial charge in [-0.3, -0.25) is 9.59 Å². The number of aromatic nitrogens is 2. The zero-order valence-corrected chi connectivity index (χ0v) is 17.7. The molecule has 8 heteroatoms. The van der Waals surface area contributed by atoms with Crippen molar-refractivity contribution in [2.45, 2.75) is 32.7 Å². The lowest BCUT2D eigenvalue weighted by atomic mass is 9.78. The highest BCUT2D eigenvalue weighted by atomic mass is 16.5. The molecule has 1 atom stereocenters. The zero-order valence-electron chi connectivity index (χ0n) is 17.7. The highest BCUT2D eigenvalue weighted by Crippen LogP contribution is 2.41. The van der Waals surface area contributed by atoms with Crippen molar-refractivity contribution in [2.24, 2.45) is 5.41 Å². The van der Waals surface area contributed by atoms with Crippen molar-refractivity contribution in [3.8, 4) is 11.5 Å². The Morgan fingerprint density at radius 2 is 2.07 bits per heavy atom. The Balaban J connectivity index is 1.51. The van der Waals surface area contributed by atoms with Gasteiger partial charge in [-0.25, -0.2) is 4.98 Å². The summed E-state index contributed by atoms with van der Waals surface area (Å²) in [4.78, 5) is 37.1. The predicted molar refractivity (Wildman–Crippen MR) is 110 cm³/mol. The van der Waals surface area contributed by atoms with Gasteiger partial charge in [0.25, 0.3) is 5.91 Å². The van der Waals surface area contributed by atoms with Crippen LogP contribution in [0.3, 0.4) is 0 Å². The Hall–Kier alpha value is -3.03. The number of likely N-dealkylation sites (tertiary alicyclic amines) is 2. The van der Waals surface area contributed by atoms with Crippen LogP contribution in [0.5, 0.6) is 11.5 Å². The van der Waals surface area contributed by atoms with Crippen LogP contribution in [0.15, 0.2) is 24.4 Å². The summed E-state index contributed by atoms with van der Waals surface area (Å²) in [5.41, 5.74) is 1.25. The standard InChI is InChI=1S/C22H28N4O4/c1-15-12-23-19(24-15)20(27)26-11-9-22(14-26)8-5-10-25(21(22)28)13-16-6-4-7-17(29-2)18(16)30-3/h4,6-7,12H,5,8-11,13-14H2,1-3H3,(H,23,24)/t22-/m0/s1. The number of aryl methyl sites for hydroxylation is 1. The molecule has 30 heavy (non-hydrogen) atoms. The van der Waals surface area contributed by atoms with Crippen LogP contribution in [0.25, 0.3) is 0 Å². The summed E-state index contributed by atoms with van der Waals surface area (Å²) < 4.78 is 10.9. The fourth-order valence-electron chi connectivity index (χ4n) is 4.68. The Kier molecular flexibility index (Phi) is 5.40. The molecule has 0 saturated carbocycles. The molecule has 0 bridgehead atoms. The second-order valence-corrected chi connectivity index (χ2v) is 8.15. The van der Waals surface area contributed by atoms with Gasteiger partial charge in [0, 0.05) is 43.6 Å². The second kappa shape index (κ2) is 8.01. The van der Waals surface area contributed by atoms with Crippen LogP contribution in [0.2, 0.25) is 0 Å². The van der Waals surface area contributed by atoms with Gasteiger partial charge in [0.05, 0.1) is 19.6 Å². The number of H-pyrrole nitrogens is 1. The van der Waals surface area contributed by atoms with E-state index in [4.69, 9.17) is 9.47 Å². The Morgan fingerprint density at radius 3 is 2.77 bits per heavy atom. The van der Waals surface area contributed by atoms with Gasteiger partial charge < -0.3 is 24.3 Å². The maximum absolute atomic E-state index is 13.5. The SMILES string of the molecule is COc1cccc(CN2CCC[C@@]3(CCN(C(=O)c4ncc(C)[nH]4)C3)C2=O)c1OC. The smallest absolute Gasteiger partial charge is 0.289 e. The molecule has 3 heterocycles. The maximum Gasteiger partial charge on any atom is 0.289 e. The highest BCUT2D eigenvalue weighted by Gasteiger charge is 2.49. The molecule has 160 valence electrons. The molecule has 1 aromatic carbocycles. The number of nitrogens with one attached hydrogen (secondary N) is 1. The van der Waals surface area contributed by atoms with Crippen molar-refractivity contribution in [3.63, 3.8) is 0 Å². The average molecular weight is 412 g/mol. The van der Waals surface area contributed by atoms with E-state index in [-0.39, 0.29) is 11.8 Å². The topological polar surface area (TPSA) is 87.8 Å². The number of carbonyl (C=O) groups excluding carboxylic acids is 2. The van der Waals surface area contributed by atoms with E-state index in [1.165, 1.54) is 0 Å². The van der Waals surface area contributed by atoms with E-state index in [9.17, 15) is 9.59 Å². The number of nitrogens with zero attached hydrogens (tertiary/aromatic N) is 3. The van der Waals surface area contributed by atoms with E-state index in [1.54, 1.807) is 25.3 Å². The summed E-state index contributed by atoms with van der Waals surface area (Å²) in [6.07, 6.45) is 4.05. The van der Waals surface area contributed by atoms with Crippen molar-refractivity contribution in [1.82, 2.24) is 19.8 Å². The van der Waals surface area contributed by atoms with E-state index in [0.29, 0.717) is 49.9 Å². The number of benzene rings is 1. The fraction of sp³-hybridized carbons (Fsp3) is 0.500. The number of hydrogen-bond acceptors (Lipinski definition) is 5. The van der Waals surface area contributed by atoms with Gasteiger partial charge in [-0.2, -0.15) is 0 Å². The number of rotatable bonds is 5. The summed E-state index contributed by atoms with van der Waals surface area (Å²) in [5.74, 6) is 1.62. The molecule has 1 aromatic heterocycles. The molecule has 1 spiro atoms. The lowest BCUT2D eigenvalue weighted by molar-refractivity contribution is -0.146. The second-order valence-electron chi connectivity index (χ2n) is 8.15. The molecule has 2 aliphatic heterocycles. The van der Waals surface area contributed by atoms with E-state index in [0.717, 1.165) is 24.1 Å². The summed E-state index contributed by atoms with van der Waals surface area (Å²) in [5, 5.41) is 0. The van der Waals surface area contributed by atoms with Crippen LogP contribution < -0.4 is 9.47 Å². The molecule has 8 nitrogen and oxygen atoms in total. The Bertz CT molecular complexity index is 956. The lowest BCUT2D eigenvalue weighted by Gasteiger charge is -2.39. The van der Waals surface area contributed by atoms with Crippen LogP contribution in [0.4, 0.5) is 0 Å². The van der Waals surface area contributed by atoms with Gasteiger partial charge in [0.1, 0.15) is 0 Å². The number of piperidine rings is 1. The normalized spacial score (nSPS) is 21.4. The Labute approximate surface area is 176 Å². The first kappa shape index (κ1) is 20.3. The third-order valence-corrected chi connectivity index (χ3v) is 6.22. The summed E-state index contributed by atoms with van der Waals surface area (Å²) in [7, 11) is 3.21. The number of hydrogen-bond donors (Lipinski definition) is 1. The van der Waals surface area contributed by atoms with E-state index >= 15 is 0 Å². The van der Waals surface area contributed by atoms with Gasteiger partial charge in [-0.1, -0.05) is 12.1 Å². The van der Waals surface area contributed by atoms with E-state index in [2.05, 4.69) is 9.97 Å². The minimum atomic E-state index is -0.512. The van der Waals surface area contributed by atoms with Crippen molar-refractivity contribution in [1.29, 1.82) is 0 Å². The molecule has 2 saturated heterocycles. The van der Waals surface area contributed by atoms with Crippen LogP contribution in [-0.2, 0) is 11.3 Å². The number of ether oxygens (including phenoxy) is 2. The first-order valence-electron chi connectivity index (χ1n) is 10.3. The number of para-hydroxylation sites is 1. The van der Waals surface area contributed by atoms with Gasteiger partial charge in [0.15, 0.2) is 17.3 Å². The molecular weight excluding hydrogens is 384 g/mol. The van der Waals surface area contributed by atoms with Crippen LogP contribution in [0.1, 0.15) is 41.1 Å². The van der Waals surface area contributed by atoms with Crippen molar-refractivity contribution in [3.05, 3.63) is 41.5 Å². The first-order valence-corrected chi connectivity index (χ1v) is 10.3. The highest BCUT2D eigenvalue weighted by molar-refractivity contribution is 5.92. The molecule has 2 aromatic rings. The predicted octanol–water partition coefficient (Wildman–Crippen LogP) is 2.39. The minimum Gasteiger partial charge on any atom is -0.493 e. The zero-order chi connectivity index (χ0) is 21.3. The molecular formula is C22H28N4O4. The van der Waals surface area contributed by atoms with Crippen molar-refractivity contribution >= 4 is 11.8 Å². The molecule has 0 radical (unpaired) electrons. The van der Waals surface area contributed by atoms with Gasteiger partial charge in [-0.15, -0.1) is 0 Å². The number of methoxy groups -OCH3 is 2. The number of aromatic amines is 1. The average Bonchev–Trinajstić information content (AvgIpc) is 3.38. The van der Waals surface area contributed by atoms with Gasteiger partial charge in [-0.05, 0) is 32.3 Å². The summed E-state index contributed by atoms with van der Waals surface area (Å²) >= 11 is 0. The Morgan fingerprint density at radius 1 is 1.23 bits per heavy atom. The summed E-state index contributed by atoms with van der Waals surface area (Å²) in [6, 6.07) is 5.71. The van der Waals surface area contributed by atoms with Crippen LogP contribution in [0, 0.1) is 12.3 Å². The van der Waals surface area contributed by atoms with E-state index < -0.39 is 5.41 Å². The van der Waals surface area contributed by atoms with Crippen molar-refractivity contribution in [2.75, 3.05) is 33.9 Å². The minimum absolute atomic E-state index is 0.115. The van der Waals surface area contributed by atoms with Crippen LogP contribution >= 0.6 is 0 Å². The lowest BCUT2D eigenvalue weighted by Crippen LogP contribution is -2.50. The number of imidazole rings is 1. The van der Waals surface area contributed by atoms with Crippen molar-refractivity contribution < 1.29 is 19.1 Å². The molecule has 2 fully saturated rings. The molecule has 2 amide bonds. The third-order valence-electron chi connectivity index (χ3n) is 6.22. The van der Waals surface area contributed by atoms with Gasteiger partial charge >= 0.3 is 0 Å². The number of carbonyl (C=O) groups is 2. The van der Waals surface area contributed by atoms with E-state index in [1.807, 2.05) is 30.0 Å². The maximum atomic E-state index is 13.5. The fourth-order valence-corrected chi connectivity index (χ4v) is 4.68. The largest absolute Gasteiger partial charge is 0.493 e. The monoisotopic (exact) mass is 412 g/mol. The molecule has 1 N–H and O–H groups in total. The van der Waals surface area contributed by atoms with Gasteiger partial charge in [0.2, 0.25) is 5.91 Å². The molecule has 2 aliphatic rings. The number of amides is 2. The first-order chi connectivity index (χ1) is 14.5. The molecule has 0 aliphatic carbocycles. The molecule has 4 rings (SSSR count). The third kappa shape index (κ3) is 3.51. The quantitative estimate of drug-likeness (QED) is 0.815. The van der Waals surface area contributed by atoms with Crippen LogP contribution in [-0.4, -0.2) is 65.4 Å². The molecule has 0 unspecified atom stereocenters.